The highest BCUT2D eigenvalue weighted by Gasteiger charge is 2.26. The predicted molar refractivity (Wildman–Crippen MR) is 84.4 cm³/mol. The van der Waals surface area contributed by atoms with Crippen LogP contribution in [0.1, 0.15) is 58.3 Å². The standard InChI is InChI=1S/C15H24Cl2N2O/c1-10(11-2-6-13(16)7-3-11)18-19-15(20)12-4-8-14(17)9-5-12/h11-14H,2-9H2,1H3,(H,19,20)/b18-10+. The lowest BCUT2D eigenvalue weighted by molar-refractivity contribution is -0.125. The van der Waals surface area contributed by atoms with Crippen molar-refractivity contribution in [3.8, 4) is 0 Å². The van der Waals surface area contributed by atoms with E-state index in [1.807, 2.05) is 6.92 Å². The van der Waals surface area contributed by atoms with Gasteiger partial charge in [-0.1, -0.05) is 0 Å². The summed E-state index contributed by atoms with van der Waals surface area (Å²) in [5.41, 5.74) is 3.78. The van der Waals surface area contributed by atoms with Crippen LogP contribution in [0.25, 0.3) is 0 Å². The van der Waals surface area contributed by atoms with E-state index in [0.29, 0.717) is 11.3 Å². The fourth-order valence-corrected chi connectivity index (χ4v) is 3.62. The van der Waals surface area contributed by atoms with Crippen molar-refractivity contribution in [1.29, 1.82) is 0 Å². The highest BCUT2D eigenvalue weighted by molar-refractivity contribution is 6.20. The van der Waals surface area contributed by atoms with Crippen LogP contribution in [0.15, 0.2) is 5.10 Å². The van der Waals surface area contributed by atoms with Crippen LogP contribution in [0.3, 0.4) is 0 Å². The summed E-state index contributed by atoms with van der Waals surface area (Å²) in [4.78, 5) is 12.1. The maximum atomic E-state index is 12.1. The molecule has 0 aliphatic heterocycles. The molecule has 2 fully saturated rings. The average Bonchev–Trinajstić information content (AvgIpc) is 2.46. The van der Waals surface area contributed by atoms with Crippen molar-refractivity contribution in [3.63, 3.8) is 0 Å². The zero-order chi connectivity index (χ0) is 14.5. The normalized spacial score (nSPS) is 35.6. The molecule has 0 unspecified atom stereocenters. The predicted octanol–water partition coefficient (Wildman–Crippen LogP) is 4.07. The molecule has 0 spiro atoms. The molecule has 0 atom stereocenters. The van der Waals surface area contributed by atoms with Crippen molar-refractivity contribution in [2.24, 2.45) is 16.9 Å². The quantitative estimate of drug-likeness (QED) is 0.475. The van der Waals surface area contributed by atoms with Crippen molar-refractivity contribution in [1.82, 2.24) is 5.43 Å². The first-order valence-electron chi connectivity index (χ1n) is 7.68. The Hall–Kier alpha value is -0.280. The van der Waals surface area contributed by atoms with Gasteiger partial charge in [-0.2, -0.15) is 5.10 Å². The number of nitrogens with zero attached hydrogens (tertiary/aromatic N) is 1. The Morgan fingerprint density at radius 1 is 0.900 bits per heavy atom. The highest BCUT2D eigenvalue weighted by Crippen LogP contribution is 2.29. The average molecular weight is 319 g/mol. The number of halogens is 2. The van der Waals surface area contributed by atoms with E-state index < -0.39 is 0 Å². The second kappa shape index (κ2) is 7.65. The van der Waals surface area contributed by atoms with E-state index in [1.54, 1.807) is 0 Å². The Morgan fingerprint density at radius 3 is 1.85 bits per heavy atom. The molecule has 114 valence electrons. The zero-order valence-electron chi connectivity index (χ0n) is 12.1. The van der Waals surface area contributed by atoms with Crippen molar-refractivity contribution in [2.45, 2.75) is 69.0 Å². The topological polar surface area (TPSA) is 41.5 Å². The molecule has 0 heterocycles. The molecule has 1 N–H and O–H groups in total. The van der Waals surface area contributed by atoms with Gasteiger partial charge in [-0.05, 0) is 64.2 Å². The molecule has 3 nitrogen and oxygen atoms in total. The van der Waals surface area contributed by atoms with Crippen LogP contribution in [0.5, 0.6) is 0 Å². The van der Waals surface area contributed by atoms with Crippen LogP contribution in [0, 0.1) is 11.8 Å². The second-order valence-corrected chi connectivity index (χ2v) is 7.36. The van der Waals surface area contributed by atoms with Crippen molar-refractivity contribution >= 4 is 34.8 Å². The number of carbonyl (C=O) groups is 1. The molecule has 2 aliphatic carbocycles. The number of amides is 1. The molecule has 0 bridgehead atoms. The maximum Gasteiger partial charge on any atom is 0.243 e. The SMILES string of the molecule is C/C(=N\NC(=O)C1CCC(Cl)CC1)C1CCC(Cl)CC1. The van der Waals surface area contributed by atoms with Crippen molar-refractivity contribution in [3.05, 3.63) is 0 Å². The van der Waals surface area contributed by atoms with Crippen LogP contribution in [-0.2, 0) is 4.79 Å². The minimum absolute atomic E-state index is 0.0546. The lowest BCUT2D eigenvalue weighted by Crippen LogP contribution is -2.32. The van der Waals surface area contributed by atoms with Gasteiger partial charge in [0.15, 0.2) is 0 Å². The summed E-state index contributed by atoms with van der Waals surface area (Å²) in [6.07, 6.45) is 7.88. The van der Waals surface area contributed by atoms with Gasteiger partial charge >= 0.3 is 0 Å². The second-order valence-electron chi connectivity index (χ2n) is 6.13. The Morgan fingerprint density at radius 2 is 1.35 bits per heavy atom. The number of hydrazone groups is 1. The third-order valence-electron chi connectivity index (χ3n) is 4.62. The van der Waals surface area contributed by atoms with Gasteiger partial charge in [-0.25, -0.2) is 5.43 Å². The van der Waals surface area contributed by atoms with Gasteiger partial charge in [0.1, 0.15) is 0 Å². The summed E-state index contributed by atoms with van der Waals surface area (Å²) in [6, 6.07) is 0. The smallest absolute Gasteiger partial charge is 0.243 e. The Bertz CT molecular complexity index is 357. The van der Waals surface area contributed by atoms with Crippen LogP contribution < -0.4 is 5.43 Å². The third-order valence-corrected chi connectivity index (χ3v) is 5.49. The highest BCUT2D eigenvalue weighted by atomic mass is 35.5. The van der Waals surface area contributed by atoms with Crippen LogP contribution in [0.4, 0.5) is 0 Å². The lowest BCUT2D eigenvalue weighted by atomic mass is 9.86. The van der Waals surface area contributed by atoms with Crippen LogP contribution >= 0.6 is 23.2 Å². The first kappa shape index (κ1) is 16.1. The molecule has 0 saturated heterocycles. The first-order valence-corrected chi connectivity index (χ1v) is 8.55. The Balaban J connectivity index is 1.78. The van der Waals surface area contributed by atoms with E-state index in [4.69, 9.17) is 23.2 Å². The van der Waals surface area contributed by atoms with Gasteiger partial charge in [0.05, 0.1) is 0 Å². The van der Waals surface area contributed by atoms with E-state index in [-0.39, 0.29) is 17.2 Å². The fraction of sp³-hybridized carbons (Fsp3) is 0.867. The molecule has 0 aromatic rings. The largest absolute Gasteiger partial charge is 0.273 e. The molecule has 0 aromatic heterocycles. The minimum atomic E-state index is 0.0546. The number of hydrogen-bond acceptors (Lipinski definition) is 2. The molecular formula is C15H24Cl2N2O. The summed E-state index contributed by atoms with van der Waals surface area (Å²) in [6.45, 7) is 2.01. The number of rotatable bonds is 3. The third kappa shape index (κ3) is 4.63. The van der Waals surface area contributed by atoms with Gasteiger partial charge < -0.3 is 0 Å². The van der Waals surface area contributed by atoms with Crippen LogP contribution in [0.2, 0.25) is 0 Å². The van der Waals surface area contributed by atoms with Gasteiger partial charge in [-0.3, -0.25) is 4.79 Å². The van der Waals surface area contributed by atoms with E-state index in [9.17, 15) is 4.79 Å². The Labute approximate surface area is 131 Å². The Kier molecular flexibility index (Phi) is 6.16. The molecule has 2 saturated carbocycles. The molecule has 2 rings (SSSR count). The van der Waals surface area contributed by atoms with Gasteiger partial charge in [0.2, 0.25) is 5.91 Å². The van der Waals surface area contributed by atoms with Gasteiger partial charge in [-0.15, -0.1) is 23.2 Å². The summed E-state index contributed by atoms with van der Waals surface area (Å²) in [5.74, 6) is 0.614. The summed E-state index contributed by atoms with van der Waals surface area (Å²) < 4.78 is 0. The number of hydrogen-bond donors (Lipinski definition) is 1. The van der Waals surface area contributed by atoms with E-state index >= 15 is 0 Å². The summed E-state index contributed by atoms with van der Waals surface area (Å²) in [5, 5.41) is 4.87. The molecule has 0 radical (unpaired) electrons. The number of nitrogens with one attached hydrogen (secondary N) is 1. The van der Waals surface area contributed by atoms with E-state index in [0.717, 1.165) is 57.1 Å². The van der Waals surface area contributed by atoms with E-state index in [1.165, 1.54) is 0 Å². The van der Waals surface area contributed by atoms with Gasteiger partial charge in [0.25, 0.3) is 0 Å². The summed E-state index contributed by atoms with van der Waals surface area (Å²) >= 11 is 12.2. The van der Waals surface area contributed by atoms with Gasteiger partial charge in [0, 0.05) is 22.4 Å². The molecule has 2 aliphatic rings. The molecule has 5 heteroatoms. The summed E-state index contributed by atoms with van der Waals surface area (Å²) in [7, 11) is 0. The minimum Gasteiger partial charge on any atom is -0.273 e. The van der Waals surface area contributed by atoms with Crippen LogP contribution in [-0.4, -0.2) is 22.4 Å². The van der Waals surface area contributed by atoms with Crippen molar-refractivity contribution < 1.29 is 4.79 Å². The molecule has 20 heavy (non-hydrogen) atoms. The van der Waals surface area contributed by atoms with Crippen molar-refractivity contribution in [2.75, 3.05) is 0 Å². The molecule has 1 amide bonds. The fourth-order valence-electron chi connectivity index (χ4n) is 3.11. The maximum absolute atomic E-state index is 12.1. The molecular weight excluding hydrogens is 295 g/mol. The monoisotopic (exact) mass is 318 g/mol. The zero-order valence-corrected chi connectivity index (χ0v) is 13.6. The van der Waals surface area contributed by atoms with E-state index in [2.05, 4.69) is 10.5 Å². The number of alkyl halides is 2. The first-order chi connectivity index (χ1) is 9.56. The lowest BCUT2D eigenvalue weighted by Gasteiger charge is -2.25. The molecule has 0 aromatic carbocycles. The number of carbonyl (C=O) groups excluding carboxylic acids is 1.